The number of benzene rings is 10. The number of furan rings is 2. The second kappa shape index (κ2) is 15.6. The molecule has 6 heteroatoms. The first kappa shape index (κ1) is 38.8. The van der Waals surface area contributed by atoms with Gasteiger partial charge >= 0.3 is 0 Å². The van der Waals surface area contributed by atoms with Gasteiger partial charge in [-0.25, -0.2) is 15.0 Å². The number of hydrogen-bond acceptors (Lipinski definition) is 5. The zero-order chi connectivity index (χ0) is 45.4. The summed E-state index contributed by atoms with van der Waals surface area (Å²) in [7, 11) is 0. The zero-order valence-corrected chi connectivity index (χ0v) is 37.0. The zero-order valence-electron chi connectivity index (χ0n) is 37.0. The van der Waals surface area contributed by atoms with E-state index in [1.807, 2.05) is 72.8 Å². The normalized spacial score (nSPS) is 11.8. The molecule has 0 aliphatic heterocycles. The van der Waals surface area contributed by atoms with E-state index in [4.69, 9.17) is 23.8 Å². The van der Waals surface area contributed by atoms with Crippen LogP contribution in [-0.4, -0.2) is 19.5 Å². The lowest BCUT2D eigenvalue weighted by Gasteiger charge is -2.15. The molecule has 10 aromatic carbocycles. The van der Waals surface area contributed by atoms with E-state index in [-0.39, 0.29) is 0 Å². The highest BCUT2D eigenvalue weighted by Crippen LogP contribution is 2.44. The molecule has 0 atom stereocenters. The van der Waals surface area contributed by atoms with E-state index < -0.39 is 0 Å². The highest BCUT2D eigenvalue weighted by molar-refractivity contribution is 6.16. The van der Waals surface area contributed by atoms with Crippen molar-refractivity contribution in [2.45, 2.75) is 0 Å². The lowest BCUT2D eigenvalue weighted by Crippen LogP contribution is -2.00. The lowest BCUT2D eigenvalue weighted by molar-refractivity contribution is 0.669. The van der Waals surface area contributed by atoms with Crippen molar-refractivity contribution < 1.29 is 8.83 Å². The van der Waals surface area contributed by atoms with Crippen LogP contribution in [0.1, 0.15) is 0 Å². The maximum Gasteiger partial charge on any atom is 0.164 e. The van der Waals surface area contributed by atoms with Gasteiger partial charge in [0.1, 0.15) is 22.3 Å². The molecule has 0 unspecified atom stereocenters. The first-order valence-electron chi connectivity index (χ1n) is 23.2. The molecule has 322 valence electrons. The number of rotatable bonds is 7. The second-order valence-electron chi connectivity index (χ2n) is 17.5. The Kier molecular flexibility index (Phi) is 8.79. The Balaban J connectivity index is 0.961. The molecule has 0 bridgehead atoms. The molecule has 0 aliphatic rings. The highest BCUT2D eigenvalue weighted by atomic mass is 16.3. The van der Waals surface area contributed by atoms with E-state index in [1.54, 1.807) is 0 Å². The predicted octanol–water partition coefficient (Wildman–Crippen LogP) is 16.8. The van der Waals surface area contributed by atoms with Crippen LogP contribution >= 0.6 is 0 Å². The first-order chi connectivity index (χ1) is 34.2. The SMILES string of the molecule is c1ccc(-c2ccc3c(c2)c2ccccc2n3-c2cc3c(cc2-c2ccc4oc5cccc(-c6cccc(-c7nc(-c8ccccc8)nc(-c8ccccc8)n7)c6)c5c4c2)oc2ccccc23)cc1. The van der Waals surface area contributed by atoms with Gasteiger partial charge in [-0.15, -0.1) is 0 Å². The van der Waals surface area contributed by atoms with Crippen molar-refractivity contribution in [2.24, 2.45) is 0 Å². The molecule has 14 rings (SSSR count). The van der Waals surface area contributed by atoms with Crippen LogP contribution in [0.25, 0.3) is 139 Å². The van der Waals surface area contributed by atoms with Crippen LogP contribution in [0.15, 0.2) is 239 Å². The maximum absolute atomic E-state index is 6.67. The molecule has 4 aromatic heterocycles. The molecule has 0 fully saturated rings. The van der Waals surface area contributed by atoms with Crippen molar-refractivity contribution in [2.75, 3.05) is 0 Å². The molecule has 6 nitrogen and oxygen atoms in total. The van der Waals surface area contributed by atoms with Crippen LogP contribution in [0.2, 0.25) is 0 Å². The van der Waals surface area contributed by atoms with Gasteiger partial charge in [-0.3, -0.25) is 0 Å². The molecule has 0 spiro atoms. The molecule has 14 aromatic rings. The minimum Gasteiger partial charge on any atom is -0.456 e. The van der Waals surface area contributed by atoms with Crippen molar-refractivity contribution in [1.82, 2.24) is 19.5 Å². The van der Waals surface area contributed by atoms with Crippen molar-refractivity contribution >= 4 is 65.7 Å². The minimum absolute atomic E-state index is 0.603. The summed E-state index contributed by atoms with van der Waals surface area (Å²) < 4.78 is 15.7. The predicted molar refractivity (Wildman–Crippen MR) is 281 cm³/mol. The second-order valence-corrected chi connectivity index (χ2v) is 17.5. The van der Waals surface area contributed by atoms with Crippen LogP contribution in [0, 0.1) is 0 Å². The summed E-state index contributed by atoms with van der Waals surface area (Å²) in [5, 5.41) is 6.60. The summed E-state index contributed by atoms with van der Waals surface area (Å²) in [4.78, 5) is 15.0. The number of nitrogens with zero attached hydrogens (tertiary/aromatic N) is 4. The van der Waals surface area contributed by atoms with Gasteiger partial charge in [-0.1, -0.05) is 170 Å². The van der Waals surface area contributed by atoms with Crippen LogP contribution in [-0.2, 0) is 0 Å². The van der Waals surface area contributed by atoms with Gasteiger partial charge in [0, 0.05) is 54.6 Å². The lowest BCUT2D eigenvalue weighted by atomic mass is 9.95. The fourth-order valence-electron chi connectivity index (χ4n) is 10.2. The Labute approximate surface area is 396 Å². The van der Waals surface area contributed by atoms with Gasteiger partial charge in [0.25, 0.3) is 0 Å². The summed E-state index contributed by atoms with van der Waals surface area (Å²) in [6.45, 7) is 0. The van der Waals surface area contributed by atoms with E-state index in [0.29, 0.717) is 17.5 Å². The van der Waals surface area contributed by atoms with Gasteiger partial charge in [0.05, 0.1) is 16.7 Å². The first-order valence-corrected chi connectivity index (χ1v) is 23.2. The average Bonchev–Trinajstić information content (AvgIpc) is 4.10. The highest BCUT2D eigenvalue weighted by Gasteiger charge is 2.22. The Bertz CT molecular complexity index is 4250. The summed E-state index contributed by atoms with van der Waals surface area (Å²) in [6, 6.07) is 80.5. The average molecular weight is 883 g/mol. The molecule has 69 heavy (non-hydrogen) atoms. The third-order valence-corrected chi connectivity index (χ3v) is 13.5. The maximum atomic E-state index is 6.67. The van der Waals surface area contributed by atoms with Crippen molar-refractivity contribution in [3.8, 4) is 73.2 Å². The molecular weight excluding hydrogens is 845 g/mol. The van der Waals surface area contributed by atoms with E-state index in [0.717, 1.165) is 99.5 Å². The number of aromatic nitrogens is 4. The van der Waals surface area contributed by atoms with Crippen LogP contribution in [0.3, 0.4) is 0 Å². The van der Waals surface area contributed by atoms with E-state index >= 15 is 0 Å². The van der Waals surface area contributed by atoms with Gasteiger partial charge in [0.2, 0.25) is 0 Å². The Morgan fingerprint density at radius 2 is 0.812 bits per heavy atom. The molecule has 0 saturated carbocycles. The van der Waals surface area contributed by atoms with Crippen LogP contribution in [0.5, 0.6) is 0 Å². The Hall–Kier alpha value is -9.39. The van der Waals surface area contributed by atoms with Crippen molar-refractivity contribution in [3.63, 3.8) is 0 Å². The largest absolute Gasteiger partial charge is 0.456 e. The summed E-state index contributed by atoms with van der Waals surface area (Å²) >= 11 is 0. The van der Waals surface area contributed by atoms with Gasteiger partial charge in [-0.2, -0.15) is 0 Å². The Morgan fingerprint density at radius 1 is 0.275 bits per heavy atom. The Morgan fingerprint density at radius 3 is 1.58 bits per heavy atom. The minimum atomic E-state index is 0.603. The van der Waals surface area contributed by atoms with Crippen molar-refractivity contribution in [3.05, 3.63) is 231 Å². The summed E-state index contributed by atoms with van der Waals surface area (Å²) in [5.41, 5.74) is 15.9. The van der Waals surface area contributed by atoms with E-state index in [2.05, 4.69) is 162 Å². The molecule has 0 radical (unpaired) electrons. The van der Waals surface area contributed by atoms with Gasteiger partial charge < -0.3 is 13.4 Å². The van der Waals surface area contributed by atoms with E-state index in [1.165, 1.54) is 21.9 Å². The van der Waals surface area contributed by atoms with E-state index in [9.17, 15) is 0 Å². The molecule has 0 saturated heterocycles. The van der Waals surface area contributed by atoms with Crippen LogP contribution in [0.4, 0.5) is 0 Å². The number of hydrogen-bond donors (Lipinski definition) is 0. The third kappa shape index (κ3) is 6.45. The standard InChI is InChI=1S/C63H38N4O2/c1-4-16-39(17-5-1)42-30-32-54-50(35-42)47-24-10-12-27-53(47)67(54)55-37-51-48-25-11-13-28-56(48)69-59(51)38-49(55)44-31-33-57-52(36-44)60-46(26-15-29-58(60)68-57)43-22-14-23-45(34-43)63-65-61(40-18-6-2-7-19-40)64-62(66-63)41-20-8-3-9-21-41/h1-38H. The number of fused-ring (bicyclic) bond motifs is 9. The van der Waals surface area contributed by atoms with Crippen molar-refractivity contribution in [1.29, 1.82) is 0 Å². The molecule has 4 heterocycles. The smallest absolute Gasteiger partial charge is 0.164 e. The third-order valence-electron chi connectivity index (χ3n) is 13.5. The van der Waals surface area contributed by atoms with Gasteiger partial charge in [-0.05, 0) is 88.5 Å². The molecular formula is C63H38N4O2. The monoisotopic (exact) mass is 882 g/mol. The molecule has 0 aliphatic carbocycles. The quantitative estimate of drug-likeness (QED) is 0.159. The van der Waals surface area contributed by atoms with Crippen LogP contribution < -0.4 is 0 Å². The fourth-order valence-corrected chi connectivity index (χ4v) is 10.2. The molecule has 0 N–H and O–H groups in total. The molecule has 0 amide bonds. The topological polar surface area (TPSA) is 69.9 Å². The van der Waals surface area contributed by atoms with Gasteiger partial charge in [0.15, 0.2) is 17.5 Å². The summed E-state index contributed by atoms with van der Waals surface area (Å²) in [5.74, 6) is 1.85. The fraction of sp³-hybridized carbons (Fsp3) is 0. The number of para-hydroxylation sites is 2. The summed E-state index contributed by atoms with van der Waals surface area (Å²) in [6.07, 6.45) is 0.